The minimum absolute atomic E-state index is 0.123. The molecule has 1 saturated heterocycles. The van der Waals surface area contributed by atoms with Gasteiger partial charge in [0.2, 0.25) is 5.91 Å². The van der Waals surface area contributed by atoms with Gasteiger partial charge in [-0.25, -0.2) is 0 Å². The molecule has 20 heavy (non-hydrogen) atoms. The summed E-state index contributed by atoms with van der Waals surface area (Å²) >= 11 is 0. The first-order chi connectivity index (χ1) is 9.35. The Labute approximate surface area is 123 Å². The van der Waals surface area contributed by atoms with Crippen molar-refractivity contribution in [2.45, 2.75) is 53.1 Å². The van der Waals surface area contributed by atoms with Crippen LogP contribution in [0.5, 0.6) is 0 Å². The molecular formula is C16H30N2O2. The fourth-order valence-corrected chi connectivity index (χ4v) is 3.43. The Bertz CT molecular complexity index is 332. The van der Waals surface area contributed by atoms with Crippen LogP contribution in [0.3, 0.4) is 0 Å². The van der Waals surface area contributed by atoms with Crippen LogP contribution in [0, 0.1) is 16.7 Å². The first-order valence-corrected chi connectivity index (χ1v) is 7.94. The molecule has 1 aliphatic heterocycles. The third kappa shape index (κ3) is 3.34. The van der Waals surface area contributed by atoms with Gasteiger partial charge >= 0.3 is 0 Å². The topological polar surface area (TPSA) is 50.4 Å². The van der Waals surface area contributed by atoms with E-state index in [1.54, 1.807) is 0 Å². The zero-order chi connectivity index (χ0) is 14.8. The van der Waals surface area contributed by atoms with Crippen LogP contribution in [0.25, 0.3) is 0 Å². The van der Waals surface area contributed by atoms with Gasteiger partial charge in [-0.05, 0) is 42.7 Å². The van der Waals surface area contributed by atoms with Crippen LogP contribution < -0.4 is 10.6 Å². The average molecular weight is 282 g/mol. The number of hydrogen-bond acceptors (Lipinski definition) is 3. The van der Waals surface area contributed by atoms with E-state index in [0.717, 1.165) is 32.5 Å². The maximum Gasteiger partial charge on any atom is 0.222 e. The van der Waals surface area contributed by atoms with Crippen LogP contribution in [0.1, 0.15) is 47.0 Å². The van der Waals surface area contributed by atoms with Crippen molar-refractivity contribution in [2.24, 2.45) is 16.7 Å². The maximum atomic E-state index is 11.8. The van der Waals surface area contributed by atoms with Gasteiger partial charge in [0.25, 0.3) is 0 Å². The Kier molecular flexibility index (Phi) is 4.75. The van der Waals surface area contributed by atoms with Crippen molar-refractivity contribution in [3.63, 3.8) is 0 Å². The van der Waals surface area contributed by atoms with E-state index < -0.39 is 0 Å². The molecule has 116 valence electrons. The van der Waals surface area contributed by atoms with Crippen LogP contribution in [0.2, 0.25) is 0 Å². The predicted molar refractivity (Wildman–Crippen MR) is 80.5 cm³/mol. The summed E-state index contributed by atoms with van der Waals surface area (Å²) < 4.78 is 5.76. The molecule has 0 bridgehead atoms. The van der Waals surface area contributed by atoms with Crippen molar-refractivity contribution in [3.8, 4) is 0 Å². The lowest BCUT2D eigenvalue weighted by Gasteiger charge is -2.22. The minimum atomic E-state index is 0.123. The van der Waals surface area contributed by atoms with Crippen LogP contribution in [0.15, 0.2) is 0 Å². The molecule has 1 heterocycles. The SMILES string of the molecule is CC1(C)C(CNC(=O)CCOC2CCNCC2)C1(C)C. The van der Waals surface area contributed by atoms with Gasteiger partial charge in [0.1, 0.15) is 0 Å². The highest BCUT2D eigenvalue weighted by molar-refractivity contribution is 5.76. The maximum absolute atomic E-state index is 11.8. The zero-order valence-corrected chi connectivity index (χ0v) is 13.4. The van der Waals surface area contributed by atoms with Crippen molar-refractivity contribution >= 4 is 5.91 Å². The standard InChI is InChI=1S/C16H30N2O2/c1-15(2)13(16(15,3)4)11-18-14(19)7-10-20-12-5-8-17-9-6-12/h12-13,17H,5-11H2,1-4H3,(H,18,19). The number of hydrogen-bond donors (Lipinski definition) is 2. The molecule has 0 atom stereocenters. The molecule has 4 heteroatoms. The lowest BCUT2D eigenvalue weighted by atomic mass is 10.0. The second kappa shape index (κ2) is 6.02. The molecule has 2 aliphatic rings. The van der Waals surface area contributed by atoms with Gasteiger partial charge in [0.15, 0.2) is 0 Å². The molecular weight excluding hydrogens is 252 g/mol. The van der Waals surface area contributed by atoms with Crippen LogP contribution >= 0.6 is 0 Å². The van der Waals surface area contributed by atoms with Gasteiger partial charge < -0.3 is 15.4 Å². The highest BCUT2D eigenvalue weighted by Crippen LogP contribution is 2.67. The molecule has 0 aromatic carbocycles. The van der Waals surface area contributed by atoms with Crippen molar-refractivity contribution in [1.29, 1.82) is 0 Å². The molecule has 0 unspecified atom stereocenters. The van der Waals surface area contributed by atoms with E-state index in [2.05, 4.69) is 38.3 Å². The van der Waals surface area contributed by atoms with E-state index in [1.807, 2.05) is 0 Å². The summed E-state index contributed by atoms with van der Waals surface area (Å²) in [4.78, 5) is 11.8. The second-order valence-electron chi connectivity index (χ2n) is 7.37. The first kappa shape index (κ1) is 15.8. The summed E-state index contributed by atoms with van der Waals surface area (Å²) in [5.41, 5.74) is 0.678. The predicted octanol–water partition coefficient (Wildman–Crippen LogP) is 1.94. The van der Waals surface area contributed by atoms with Crippen molar-refractivity contribution < 1.29 is 9.53 Å². The monoisotopic (exact) mass is 282 g/mol. The number of carbonyl (C=O) groups is 1. The van der Waals surface area contributed by atoms with Gasteiger partial charge in [0, 0.05) is 13.0 Å². The highest BCUT2D eigenvalue weighted by Gasteiger charge is 2.64. The Morgan fingerprint density at radius 2 is 1.80 bits per heavy atom. The van der Waals surface area contributed by atoms with Gasteiger partial charge in [-0.15, -0.1) is 0 Å². The molecule has 0 aromatic rings. The van der Waals surface area contributed by atoms with E-state index in [0.29, 0.717) is 35.9 Å². The number of ether oxygens (including phenoxy) is 1. The Morgan fingerprint density at radius 3 is 2.35 bits per heavy atom. The van der Waals surface area contributed by atoms with E-state index in [9.17, 15) is 4.79 Å². The molecule has 1 saturated carbocycles. The molecule has 1 aliphatic carbocycles. The van der Waals surface area contributed by atoms with Crippen LogP contribution in [-0.4, -0.2) is 38.3 Å². The quantitative estimate of drug-likeness (QED) is 0.783. The molecule has 1 amide bonds. The van der Waals surface area contributed by atoms with Crippen molar-refractivity contribution in [3.05, 3.63) is 0 Å². The first-order valence-electron chi connectivity index (χ1n) is 7.94. The average Bonchev–Trinajstić information content (AvgIpc) is 2.78. The third-order valence-electron chi connectivity index (χ3n) is 5.79. The summed E-state index contributed by atoms with van der Waals surface area (Å²) in [5.74, 6) is 0.710. The molecule has 2 N–H and O–H groups in total. The molecule has 0 radical (unpaired) electrons. The normalized spacial score (nSPS) is 25.4. The lowest BCUT2D eigenvalue weighted by Crippen LogP contribution is -2.33. The molecule has 0 aromatic heterocycles. The molecule has 2 fully saturated rings. The van der Waals surface area contributed by atoms with E-state index in [1.165, 1.54) is 0 Å². The fourth-order valence-electron chi connectivity index (χ4n) is 3.43. The lowest BCUT2D eigenvalue weighted by molar-refractivity contribution is -0.122. The molecule has 2 rings (SSSR count). The van der Waals surface area contributed by atoms with Crippen molar-refractivity contribution in [1.82, 2.24) is 10.6 Å². The Hall–Kier alpha value is -0.610. The highest BCUT2D eigenvalue weighted by atomic mass is 16.5. The summed E-state index contributed by atoms with van der Waals surface area (Å²) in [6, 6.07) is 0. The zero-order valence-electron chi connectivity index (χ0n) is 13.4. The molecule has 4 nitrogen and oxygen atoms in total. The summed E-state index contributed by atoms with van der Waals surface area (Å²) in [7, 11) is 0. The fraction of sp³-hybridized carbons (Fsp3) is 0.938. The number of piperidine rings is 1. The summed E-state index contributed by atoms with van der Waals surface area (Å²) in [5, 5.41) is 6.37. The third-order valence-corrected chi connectivity index (χ3v) is 5.79. The second-order valence-corrected chi connectivity index (χ2v) is 7.37. The molecule has 0 spiro atoms. The smallest absolute Gasteiger partial charge is 0.222 e. The van der Waals surface area contributed by atoms with Crippen LogP contribution in [-0.2, 0) is 9.53 Å². The summed E-state index contributed by atoms with van der Waals surface area (Å²) in [6.07, 6.45) is 2.95. The number of carbonyl (C=O) groups excluding carboxylic acids is 1. The number of nitrogens with one attached hydrogen (secondary N) is 2. The van der Waals surface area contributed by atoms with E-state index in [-0.39, 0.29) is 5.91 Å². The summed E-state index contributed by atoms with van der Waals surface area (Å²) in [6.45, 7) is 12.5. The number of amides is 1. The number of rotatable bonds is 6. The minimum Gasteiger partial charge on any atom is -0.378 e. The van der Waals surface area contributed by atoms with Gasteiger partial charge in [-0.3, -0.25) is 4.79 Å². The van der Waals surface area contributed by atoms with Crippen molar-refractivity contribution in [2.75, 3.05) is 26.2 Å². The largest absolute Gasteiger partial charge is 0.378 e. The van der Waals surface area contributed by atoms with Gasteiger partial charge in [0.05, 0.1) is 12.7 Å². The van der Waals surface area contributed by atoms with Crippen LogP contribution in [0.4, 0.5) is 0 Å². The Balaban J connectivity index is 1.57. The van der Waals surface area contributed by atoms with E-state index in [4.69, 9.17) is 4.74 Å². The van der Waals surface area contributed by atoms with E-state index >= 15 is 0 Å². The van der Waals surface area contributed by atoms with Gasteiger partial charge in [-0.1, -0.05) is 27.7 Å². The Morgan fingerprint density at radius 1 is 1.20 bits per heavy atom. The van der Waals surface area contributed by atoms with Gasteiger partial charge in [-0.2, -0.15) is 0 Å².